The number of aromatic nitrogens is 2. The van der Waals surface area contributed by atoms with Crippen molar-refractivity contribution in [1.29, 1.82) is 0 Å². The Bertz CT molecular complexity index is 1460. The highest BCUT2D eigenvalue weighted by Gasteiger charge is 2.49. The summed E-state index contributed by atoms with van der Waals surface area (Å²) in [4.78, 5) is 24.3. The summed E-state index contributed by atoms with van der Waals surface area (Å²) in [5.74, 6) is 0.432. The summed E-state index contributed by atoms with van der Waals surface area (Å²) < 4.78 is 13.3. The molecule has 44 heavy (non-hydrogen) atoms. The summed E-state index contributed by atoms with van der Waals surface area (Å²) in [6.07, 6.45) is 5.12. The van der Waals surface area contributed by atoms with Crippen LogP contribution in [0, 0.1) is 12.8 Å². The van der Waals surface area contributed by atoms with Crippen molar-refractivity contribution in [1.82, 2.24) is 9.97 Å². The molecule has 1 saturated carbocycles. The normalized spacial score (nSPS) is 22.2. The lowest BCUT2D eigenvalue weighted by atomic mass is 9.93. The average Bonchev–Trinajstić information content (AvgIpc) is 3.57. The number of thiophene rings is 1. The smallest absolute Gasteiger partial charge is 0.208 e. The summed E-state index contributed by atoms with van der Waals surface area (Å²) in [7, 11) is -2.12. The number of benzene rings is 1. The highest BCUT2D eigenvalue weighted by atomic mass is 35.5. The molecule has 1 aromatic carbocycles. The minimum Gasteiger partial charge on any atom is -0.413 e. The Kier molecular flexibility index (Phi) is 10.3. The Balaban J connectivity index is 1.36. The Morgan fingerprint density at radius 2 is 1.86 bits per heavy atom. The molecule has 238 valence electrons. The van der Waals surface area contributed by atoms with Crippen molar-refractivity contribution in [2.24, 2.45) is 5.92 Å². The Morgan fingerprint density at radius 3 is 2.55 bits per heavy atom. The second kappa shape index (κ2) is 13.7. The number of hydrogen-bond acceptors (Lipinski definition) is 8. The van der Waals surface area contributed by atoms with Gasteiger partial charge in [0.25, 0.3) is 0 Å². The molecule has 2 aliphatic rings. The van der Waals surface area contributed by atoms with E-state index in [0.29, 0.717) is 44.5 Å². The van der Waals surface area contributed by atoms with E-state index in [1.807, 2.05) is 25.1 Å². The molecule has 3 heterocycles. The van der Waals surface area contributed by atoms with Gasteiger partial charge in [0.15, 0.2) is 0 Å². The molecule has 0 bridgehead atoms. The van der Waals surface area contributed by atoms with Crippen LogP contribution in [0.3, 0.4) is 0 Å². The summed E-state index contributed by atoms with van der Waals surface area (Å²) in [6, 6.07) is 7.93. The van der Waals surface area contributed by atoms with Crippen LogP contribution >= 0.6 is 22.9 Å². The maximum Gasteiger partial charge on any atom is 0.208 e. The molecule has 2 N–H and O–H groups in total. The van der Waals surface area contributed by atoms with E-state index in [4.69, 9.17) is 20.8 Å². The zero-order valence-electron chi connectivity index (χ0n) is 26.9. The first kappa shape index (κ1) is 33.2. The maximum absolute atomic E-state index is 14.0. The number of carbonyl (C=O) groups excluding carboxylic acids is 1. The second-order valence-electron chi connectivity index (χ2n) is 13.3. The van der Waals surface area contributed by atoms with Gasteiger partial charge >= 0.3 is 0 Å². The van der Waals surface area contributed by atoms with Crippen LogP contribution in [0.2, 0.25) is 21.6 Å². The summed E-state index contributed by atoms with van der Waals surface area (Å²) in [5, 5.41) is 14.6. The Labute approximate surface area is 271 Å². The number of halogens is 1. The van der Waals surface area contributed by atoms with Crippen LogP contribution < -0.4 is 5.32 Å². The molecule has 0 spiro atoms. The van der Waals surface area contributed by atoms with E-state index < -0.39 is 8.32 Å². The van der Waals surface area contributed by atoms with Crippen LogP contribution in [0.25, 0.3) is 0 Å². The molecule has 3 aromatic rings. The van der Waals surface area contributed by atoms with Gasteiger partial charge in [-0.1, -0.05) is 59.2 Å². The van der Waals surface area contributed by atoms with E-state index in [-0.39, 0.29) is 36.6 Å². The molecule has 1 aliphatic carbocycles. The molecule has 7 nitrogen and oxygen atoms in total. The average molecular weight is 656 g/mol. The first-order valence-electron chi connectivity index (χ1n) is 15.9. The van der Waals surface area contributed by atoms with Crippen molar-refractivity contribution in [2.75, 3.05) is 18.5 Å². The molecule has 1 aliphatic heterocycles. The van der Waals surface area contributed by atoms with Gasteiger partial charge in [-0.3, -0.25) is 4.79 Å². The van der Waals surface area contributed by atoms with E-state index in [2.05, 4.69) is 62.9 Å². The molecular formula is C34H46ClN3O4SSi. The van der Waals surface area contributed by atoms with Gasteiger partial charge in [-0.05, 0) is 77.7 Å². The van der Waals surface area contributed by atoms with Gasteiger partial charge in [-0.15, -0.1) is 11.3 Å². The molecule has 1 fully saturated rings. The quantitative estimate of drug-likeness (QED) is 0.159. The van der Waals surface area contributed by atoms with Gasteiger partial charge in [-0.25, -0.2) is 9.97 Å². The molecule has 4 atom stereocenters. The van der Waals surface area contributed by atoms with E-state index >= 15 is 0 Å². The lowest BCUT2D eigenvalue weighted by Gasteiger charge is -2.45. The van der Waals surface area contributed by atoms with Crippen molar-refractivity contribution in [3.05, 3.63) is 73.8 Å². The van der Waals surface area contributed by atoms with Gasteiger partial charge in [0, 0.05) is 34.7 Å². The monoisotopic (exact) mass is 655 g/mol. The zero-order valence-corrected chi connectivity index (χ0v) is 29.5. The Morgan fingerprint density at radius 1 is 1.14 bits per heavy atom. The van der Waals surface area contributed by atoms with Crippen molar-refractivity contribution in [2.45, 2.75) is 103 Å². The van der Waals surface area contributed by atoms with E-state index in [0.717, 1.165) is 35.3 Å². The number of nitrogens with zero attached hydrogens (tertiary/aromatic N) is 2. The minimum atomic E-state index is -2.12. The number of fused-ring (bicyclic) bond motifs is 1. The third-order valence-electron chi connectivity index (χ3n) is 9.73. The second-order valence-corrected chi connectivity index (χ2v) is 20.4. The highest BCUT2D eigenvalue weighted by Crippen LogP contribution is 2.46. The lowest BCUT2D eigenvalue weighted by Crippen LogP contribution is -2.51. The van der Waals surface area contributed by atoms with Gasteiger partial charge in [-0.2, -0.15) is 0 Å². The van der Waals surface area contributed by atoms with Crippen LogP contribution in [0.5, 0.6) is 0 Å². The van der Waals surface area contributed by atoms with Crippen molar-refractivity contribution < 1.29 is 19.1 Å². The number of anilines is 1. The summed E-state index contributed by atoms with van der Waals surface area (Å²) >= 11 is 7.81. The van der Waals surface area contributed by atoms with E-state index in [1.54, 1.807) is 6.20 Å². The number of aliphatic hydroxyl groups excluding tert-OH is 1. The number of hydrogen-bond donors (Lipinski definition) is 2. The fourth-order valence-corrected chi connectivity index (χ4v) is 14.5. The molecule has 0 amide bonds. The fraction of sp³-hybridized carbons (Fsp3) is 0.559. The number of rotatable bonds is 11. The number of ketones is 1. The summed E-state index contributed by atoms with van der Waals surface area (Å²) in [6.45, 7) is 16.4. The molecule has 2 aromatic heterocycles. The number of carbonyl (C=O) groups is 1. The third kappa shape index (κ3) is 6.41. The molecule has 10 heteroatoms. The van der Waals surface area contributed by atoms with Gasteiger partial charge in [0.1, 0.15) is 18.2 Å². The van der Waals surface area contributed by atoms with Crippen molar-refractivity contribution in [3.63, 3.8) is 0 Å². The van der Waals surface area contributed by atoms with E-state index in [9.17, 15) is 9.90 Å². The summed E-state index contributed by atoms with van der Waals surface area (Å²) in [5.41, 5.74) is 5.10. The number of aryl methyl sites for hydroxylation is 1. The molecular weight excluding hydrogens is 610 g/mol. The molecule has 5 rings (SSSR count). The van der Waals surface area contributed by atoms with Crippen LogP contribution in [0.4, 0.5) is 5.82 Å². The minimum absolute atomic E-state index is 0.0225. The van der Waals surface area contributed by atoms with Crippen LogP contribution in [-0.2, 0) is 15.6 Å². The van der Waals surface area contributed by atoms with Crippen LogP contribution in [-0.4, -0.2) is 54.5 Å². The van der Waals surface area contributed by atoms with Gasteiger partial charge in [0.05, 0.1) is 23.2 Å². The molecule has 0 radical (unpaired) electrons. The topological polar surface area (TPSA) is 93.6 Å². The first-order valence-corrected chi connectivity index (χ1v) is 19.2. The molecule has 0 saturated heterocycles. The van der Waals surface area contributed by atoms with Crippen LogP contribution in [0.1, 0.15) is 97.3 Å². The van der Waals surface area contributed by atoms with Gasteiger partial charge in [0.2, 0.25) is 14.1 Å². The largest absolute Gasteiger partial charge is 0.413 e. The standard InChI is InChI=1S/C34H46ClN3O4SSi/c1-19(2)44(20(3)4,21(5)6)42-30-14-26(12-24(30)17-39)38-34-29(16-36-18-37-34)32(40)31-15-27(22(7)43-31)33-28-13-25(35)9-8-23(28)10-11-41-33/h8-9,13,15-16,18-21,24,26,30,33,39H,10-12,14,17H2,1-7H3,(H,36,37,38)/t24-,26-,30+,33+/m1/s1. The van der Waals surface area contributed by atoms with Crippen LogP contribution in [0.15, 0.2) is 36.8 Å². The highest BCUT2D eigenvalue weighted by molar-refractivity contribution is 7.14. The predicted octanol–water partition coefficient (Wildman–Crippen LogP) is 8.14. The van der Waals surface area contributed by atoms with E-state index in [1.165, 1.54) is 23.2 Å². The van der Waals surface area contributed by atoms with Crippen molar-refractivity contribution in [3.8, 4) is 0 Å². The van der Waals surface area contributed by atoms with Gasteiger partial charge < -0.3 is 19.6 Å². The maximum atomic E-state index is 14.0. The SMILES string of the molecule is Cc1sc(C(=O)c2cncnc2N[C@@H]2C[C@H](CO)[C@@H](O[Si](C(C)C)(C(C)C)C(C)C)C2)cc1[C@@H]1OCCc2ccc(Cl)cc21. The predicted molar refractivity (Wildman–Crippen MR) is 181 cm³/mol. The van der Waals surface area contributed by atoms with Crippen molar-refractivity contribution >= 4 is 42.9 Å². The number of aliphatic hydroxyl groups is 1. The zero-order chi connectivity index (χ0) is 31.8. The third-order valence-corrected chi connectivity index (χ3v) is 17.2. The molecule has 0 unspecified atom stereocenters. The lowest BCUT2D eigenvalue weighted by molar-refractivity contribution is 0.0697. The Hall–Kier alpha value is -2.14. The number of ether oxygens (including phenoxy) is 1. The number of nitrogens with one attached hydrogen (secondary N) is 1. The first-order chi connectivity index (χ1) is 21.0. The fourth-order valence-electron chi connectivity index (χ4n) is 7.69.